The van der Waals surface area contributed by atoms with Crippen LogP contribution in [-0.2, 0) is 65.4 Å². The first kappa shape index (κ1) is 99.1. The van der Waals surface area contributed by atoms with E-state index in [1.807, 2.05) is 0 Å². The zero-order valence-corrected chi connectivity index (χ0v) is 68.3. The van der Waals surface area contributed by atoms with Crippen LogP contribution in [0.4, 0.5) is 0 Å². The second kappa shape index (κ2) is 71.0. The second-order valence-corrected chi connectivity index (χ2v) is 33.9. The van der Waals surface area contributed by atoms with E-state index in [1.54, 1.807) is 0 Å². The van der Waals surface area contributed by atoms with E-state index in [-0.39, 0.29) is 25.7 Å². The quantitative estimate of drug-likeness (QED) is 0.0222. The molecule has 0 rings (SSSR count). The molecule has 0 amide bonds. The average molecular weight is 1480 g/mol. The Bertz CT molecular complexity index is 1980. The molecule has 0 aliphatic rings. The predicted molar refractivity (Wildman–Crippen MR) is 414 cm³/mol. The maximum atomic E-state index is 13.1. The molecule has 101 heavy (non-hydrogen) atoms. The summed E-state index contributed by atoms with van der Waals surface area (Å²) < 4.78 is 68.7. The van der Waals surface area contributed by atoms with Gasteiger partial charge in [-0.15, -0.1) is 0 Å². The minimum atomic E-state index is -4.96. The lowest BCUT2D eigenvalue weighted by Gasteiger charge is -2.21. The van der Waals surface area contributed by atoms with Crippen LogP contribution >= 0.6 is 15.6 Å². The van der Waals surface area contributed by atoms with Crippen molar-refractivity contribution < 1.29 is 80.2 Å². The van der Waals surface area contributed by atoms with Crippen molar-refractivity contribution >= 4 is 39.5 Å². The molecule has 0 aromatic heterocycles. The molecule has 4 unspecified atom stereocenters. The number of hydrogen-bond donors (Lipinski definition) is 3. The smallest absolute Gasteiger partial charge is 0.462 e. The van der Waals surface area contributed by atoms with Crippen LogP contribution in [-0.4, -0.2) is 96.7 Å². The van der Waals surface area contributed by atoms with Crippen LogP contribution in [0.25, 0.3) is 0 Å². The summed E-state index contributed by atoms with van der Waals surface area (Å²) in [7, 11) is -9.92. The van der Waals surface area contributed by atoms with Crippen molar-refractivity contribution in [2.75, 3.05) is 39.6 Å². The molecule has 0 spiro atoms. The van der Waals surface area contributed by atoms with Crippen LogP contribution in [0.2, 0.25) is 0 Å². The number of ether oxygens (including phenoxy) is 4. The molecule has 0 saturated carbocycles. The molecule has 600 valence electrons. The minimum absolute atomic E-state index is 0.105. The third-order valence-corrected chi connectivity index (χ3v) is 21.7. The Labute approximate surface area is 619 Å². The first-order chi connectivity index (χ1) is 48.7. The van der Waals surface area contributed by atoms with E-state index in [9.17, 15) is 43.2 Å². The molecule has 0 aliphatic heterocycles. The van der Waals surface area contributed by atoms with Gasteiger partial charge in [0.25, 0.3) is 0 Å². The third kappa shape index (κ3) is 73.4. The van der Waals surface area contributed by atoms with E-state index in [4.69, 9.17) is 37.0 Å². The number of aliphatic hydroxyl groups excluding tert-OH is 1. The molecule has 0 fully saturated rings. The van der Waals surface area contributed by atoms with Gasteiger partial charge in [-0.2, -0.15) is 0 Å². The summed E-state index contributed by atoms with van der Waals surface area (Å²) in [5, 5.41) is 10.6. The van der Waals surface area contributed by atoms with Gasteiger partial charge in [0.15, 0.2) is 12.2 Å². The summed E-state index contributed by atoms with van der Waals surface area (Å²) in [6.07, 6.45) is 58.2. The largest absolute Gasteiger partial charge is 0.472 e. The van der Waals surface area contributed by atoms with Crippen molar-refractivity contribution in [3.8, 4) is 0 Å². The van der Waals surface area contributed by atoms with Gasteiger partial charge in [-0.05, 0) is 49.4 Å². The summed E-state index contributed by atoms with van der Waals surface area (Å²) in [5.74, 6) is 1.04. The highest BCUT2D eigenvalue weighted by Gasteiger charge is 2.30. The maximum absolute atomic E-state index is 13.1. The number of carbonyl (C=O) groups is 4. The molecule has 3 N–H and O–H groups in total. The Morgan fingerprint density at radius 1 is 0.277 bits per heavy atom. The van der Waals surface area contributed by atoms with E-state index in [2.05, 4.69) is 55.4 Å². The van der Waals surface area contributed by atoms with E-state index >= 15 is 0 Å². The van der Waals surface area contributed by atoms with E-state index < -0.39 is 97.5 Å². The molecular formula is C82H160O17P2. The highest BCUT2D eigenvalue weighted by molar-refractivity contribution is 7.47. The van der Waals surface area contributed by atoms with Gasteiger partial charge < -0.3 is 33.8 Å². The van der Waals surface area contributed by atoms with Crippen molar-refractivity contribution in [2.24, 2.45) is 23.7 Å². The molecule has 0 aromatic carbocycles. The number of phosphoric ester groups is 2. The van der Waals surface area contributed by atoms with Gasteiger partial charge in [0, 0.05) is 25.7 Å². The van der Waals surface area contributed by atoms with E-state index in [0.29, 0.717) is 25.7 Å². The summed E-state index contributed by atoms with van der Waals surface area (Å²) in [5.41, 5.74) is 0. The second-order valence-electron chi connectivity index (χ2n) is 31.0. The number of hydrogen-bond acceptors (Lipinski definition) is 15. The zero-order valence-electron chi connectivity index (χ0n) is 66.5. The first-order valence-corrected chi connectivity index (χ1v) is 45.3. The Morgan fingerprint density at radius 2 is 0.475 bits per heavy atom. The lowest BCUT2D eigenvalue weighted by molar-refractivity contribution is -0.161. The molecule has 17 nitrogen and oxygen atoms in total. The summed E-state index contributed by atoms with van der Waals surface area (Å²) >= 11 is 0. The van der Waals surface area contributed by atoms with Gasteiger partial charge in [0.05, 0.1) is 26.4 Å². The zero-order chi connectivity index (χ0) is 74.6. The minimum Gasteiger partial charge on any atom is -0.462 e. The average Bonchev–Trinajstić information content (AvgIpc) is 0.955. The topological polar surface area (TPSA) is 237 Å². The van der Waals surface area contributed by atoms with Crippen molar-refractivity contribution in [2.45, 2.75) is 440 Å². The molecule has 0 aromatic rings. The fourth-order valence-electron chi connectivity index (χ4n) is 12.5. The van der Waals surface area contributed by atoms with Gasteiger partial charge in [0.1, 0.15) is 19.3 Å². The van der Waals surface area contributed by atoms with Crippen molar-refractivity contribution in [1.29, 1.82) is 0 Å². The third-order valence-electron chi connectivity index (χ3n) is 19.8. The van der Waals surface area contributed by atoms with Crippen LogP contribution in [0, 0.1) is 23.7 Å². The van der Waals surface area contributed by atoms with Crippen LogP contribution in [0.15, 0.2) is 0 Å². The van der Waals surface area contributed by atoms with Crippen LogP contribution in [0.5, 0.6) is 0 Å². The standard InChI is InChI=1S/C82H160O17P2/c1-9-74(7)60-52-44-36-30-26-27-33-39-49-57-65-82(87)99-78(69-93-80(85)63-55-47-41-40-45-53-61-75(8)10-2)71-97-101(90,91)95-67-76(83)66-94-100(88,89)96-70-77(98-81(86)64-56-48-38-32-25-21-17-13-15-19-23-29-35-43-51-59-73(5)6)68-92-79(84)62-54-46-37-31-24-20-16-12-11-14-18-22-28-34-42-50-58-72(3)4/h72-78,83H,9-71H2,1-8H3,(H,88,89)(H,90,91)/t74?,75?,76-,77-,78-/m1/s1. The lowest BCUT2D eigenvalue weighted by Crippen LogP contribution is -2.30. The monoisotopic (exact) mass is 1480 g/mol. The van der Waals surface area contributed by atoms with Crippen molar-refractivity contribution in [3.05, 3.63) is 0 Å². The van der Waals surface area contributed by atoms with Gasteiger partial charge in [0.2, 0.25) is 0 Å². The lowest BCUT2D eigenvalue weighted by atomic mass is 9.99. The Balaban J connectivity index is 5.25. The Kier molecular flexibility index (Phi) is 69.6. The molecule has 19 heteroatoms. The fraction of sp³-hybridized carbons (Fsp3) is 0.951. The maximum Gasteiger partial charge on any atom is 0.472 e. The van der Waals surface area contributed by atoms with E-state index in [0.717, 1.165) is 120 Å². The molecular weight excluding hydrogens is 1320 g/mol. The van der Waals surface area contributed by atoms with Gasteiger partial charge in [-0.3, -0.25) is 37.3 Å². The summed E-state index contributed by atoms with van der Waals surface area (Å²) in [6.45, 7) is 14.3. The molecule has 7 atom stereocenters. The SMILES string of the molecule is CCC(C)CCCCCCCCCCCCC(=O)O[C@H](COC(=O)CCCCCCCCC(C)CC)COP(=O)(O)OC[C@H](O)COP(=O)(O)OC[C@@H](COC(=O)CCCCCCCCCCCCCCCCCCC(C)C)OC(=O)CCCCCCCCCCCCCCCCCC(C)C. The molecule has 0 saturated heterocycles. The first-order valence-electron chi connectivity index (χ1n) is 42.3. The Morgan fingerprint density at radius 3 is 0.703 bits per heavy atom. The normalized spacial score (nSPS) is 14.5. The summed E-state index contributed by atoms with van der Waals surface area (Å²) in [4.78, 5) is 73.1. The van der Waals surface area contributed by atoms with Crippen LogP contribution in [0.1, 0.15) is 421 Å². The molecule has 0 radical (unpaired) electrons. The fourth-order valence-corrected chi connectivity index (χ4v) is 14.1. The number of esters is 4. The van der Waals surface area contributed by atoms with Gasteiger partial charge >= 0.3 is 39.5 Å². The Hall–Kier alpha value is -1.94. The van der Waals surface area contributed by atoms with Gasteiger partial charge in [-0.25, -0.2) is 9.13 Å². The molecule has 0 heterocycles. The predicted octanol–water partition coefficient (Wildman–Crippen LogP) is 24.4. The van der Waals surface area contributed by atoms with Crippen LogP contribution < -0.4 is 0 Å². The number of aliphatic hydroxyl groups is 1. The van der Waals surface area contributed by atoms with E-state index in [1.165, 1.54) is 218 Å². The van der Waals surface area contributed by atoms with Gasteiger partial charge in [-0.1, -0.05) is 370 Å². The molecule has 0 bridgehead atoms. The molecule has 0 aliphatic carbocycles. The number of unbranched alkanes of at least 4 members (excludes halogenated alkanes) is 43. The highest BCUT2D eigenvalue weighted by Crippen LogP contribution is 2.45. The number of carbonyl (C=O) groups excluding carboxylic acids is 4. The number of rotatable bonds is 79. The van der Waals surface area contributed by atoms with Crippen molar-refractivity contribution in [3.63, 3.8) is 0 Å². The highest BCUT2D eigenvalue weighted by atomic mass is 31.2. The number of phosphoric acid groups is 2. The summed E-state index contributed by atoms with van der Waals surface area (Å²) in [6, 6.07) is 0. The van der Waals surface area contributed by atoms with Crippen molar-refractivity contribution in [1.82, 2.24) is 0 Å². The van der Waals surface area contributed by atoms with Crippen LogP contribution in [0.3, 0.4) is 0 Å².